The third-order valence-corrected chi connectivity index (χ3v) is 4.63. The standard InChI is InChI=1S/C18H9ClF2N2O6/c1-2-28-18(25)8-6-22-12-4-9(19)11(23(26)27)5-13(12)29-17-14(21)10(20)3-7(15(17)22)16(8)24/h3-6H,2H2,1H3. The van der Waals surface area contributed by atoms with Gasteiger partial charge in [0.15, 0.2) is 17.3 Å². The maximum Gasteiger partial charge on any atom is 0.343 e. The van der Waals surface area contributed by atoms with Crippen LogP contribution >= 0.6 is 11.6 Å². The number of benzene rings is 2. The molecule has 0 unspecified atom stereocenters. The van der Waals surface area contributed by atoms with Gasteiger partial charge in [-0.25, -0.2) is 9.18 Å². The Bertz CT molecular complexity index is 1300. The van der Waals surface area contributed by atoms with E-state index >= 15 is 0 Å². The van der Waals surface area contributed by atoms with Crippen LogP contribution in [0.15, 0.2) is 29.2 Å². The van der Waals surface area contributed by atoms with Crippen LogP contribution in [-0.4, -0.2) is 22.1 Å². The number of nitro benzene ring substituents is 1. The second kappa shape index (κ2) is 6.52. The minimum atomic E-state index is -1.39. The van der Waals surface area contributed by atoms with Crippen molar-refractivity contribution in [1.29, 1.82) is 0 Å². The fraction of sp³-hybridized carbons (Fsp3) is 0.111. The molecule has 0 saturated carbocycles. The predicted molar refractivity (Wildman–Crippen MR) is 97.2 cm³/mol. The van der Waals surface area contributed by atoms with Crippen molar-refractivity contribution >= 4 is 34.2 Å². The van der Waals surface area contributed by atoms with Crippen molar-refractivity contribution in [2.45, 2.75) is 6.92 Å². The van der Waals surface area contributed by atoms with E-state index in [1.807, 2.05) is 0 Å². The average molecular weight is 423 g/mol. The van der Waals surface area contributed by atoms with Gasteiger partial charge in [0.25, 0.3) is 5.69 Å². The Morgan fingerprint density at radius 3 is 2.72 bits per heavy atom. The van der Waals surface area contributed by atoms with E-state index in [0.717, 1.165) is 18.3 Å². The fourth-order valence-corrected chi connectivity index (χ4v) is 3.32. The molecular weight excluding hydrogens is 414 g/mol. The summed E-state index contributed by atoms with van der Waals surface area (Å²) in [4.78, 5) is 35.3. The minimum absolute atomic E-state index is 0.0168. The van der Waals surface area contributed by atoms with Crippen molar-refractivity contribution in [2.24, 2.45) is 0 Å². The summed E-state index contributed by atoms with van der Waals surface area (Å²) in [5.41, 5.74) is -1.89. The summed E-state index contributed by atoms with van der Waals surface area (Å²) < 4.78 is 39.9. The summed E-state index contributed by atoms with van der Waals surface area (Å²) >= 11 is 5.96. The van der Waals surface area contributed by atoms with Crippen molar-refractivity contribution < 1.29 is 28.0 Å². The van der Waals surface area contributed by atoms with Crippen LogP contribution in [0, 0.1) is 21.7 Å². The lowest BCUT2D eigenvalue weighted by molar-refractivity contribution is -0.384. The molecule has 1 aliphatic rings. The van der Waals surface area contributed by atoms with Crippen LogP contribution in [0.5, 0.6) is 11.5 Å². The Labute approximate surface area is 165 Å². The molecule has 0 saturated heterocycles. The molecule has 0 bridgehead atoms. The van der Waals surface area contributed by atoms with E-state index in [4.69, 9.17) is 21.1 Å². The van der Waals surface area contributed by atoms with Crippen molar-refractivity contribution in [2.75, 3.05) is 6.61 Å². The lowest BCUT2D eigenvalue weighted by Gasteiger charge is -2.24. The van der Waals surface area contributed by atoms with Gasteiger partial charge in [-0.05, 0) is 19.1 Å². The van der Waals surface area contributed by atoms with Crippen LogP contribution in [0.25, 0.3) is 16.6 Å². The first-order valence-electron chi connectivity index (χ1n) is 8.15. The van der Waals surface area contributed by atoms with Gasteiger partial charge in [0.1, 0.15) is 16.1 Å². The molecule has 1 aromatic heterocycles. The molecule has 8 nitrogen and oxygen atoms in total. The highest BCUT2D eigenvalue weighted by atomic mass is 35.5. The fourth-order valence-electron chi connectivity index (χ4n) is 3.09. The predicted octanol–water partition coefficient (Wildman–Crippen LogP) is 4.11. The van der Waals surface area contributed by atoms with E-state index in [0.29, 0.717) is 6.07 Å². The average Bonchev–Trinajstić information content (AvgIpc) is 2.67. The number of pyridine rings is 1. The second-order valence-electron chi connectivity index (χ2n) is 5.99. The van der Waals surface area contributed by atoms with E-state index in [9.17, 15) is 28.5 Å². The lowest BCUT2D eigenvalue weighted by atomic mass is 10.1. The molecule has 0 aliphatic carbocycles. The molecule has 0 amide bonds. The largest absolute Gasteiger partial charge is 0.462 e. The molecule has 148 valence electrons. The van der Waals surface area contributed by atoms with Crippen LogP contribution < -0.4 is 10.2 Å². The number of hydrogen-bond acceptors (Lipinski definition) is 6. The summed E-state index contributed by atoms with van der Waals surface area (Å²) in [7, 11) is 0. The van der Waals surface area contributed by atoms with Gasteiger partial charge in [0.2, 0.25) is 11.2 Å². The molecule has 1 aliphatic heterocycles. The number of esters is 1. The van der Waals surface area contributed by atoms with E-state index in [2.05, 4.69) is 0 Å². The zero-order valence-electron chi connectivity index (χ0n) is 14.5. The number of carbonyl (C=O) groups excluding carboxylic acids is 1. The van der Waals surface area contributed by atoms with Crippen LogP contribution in [0.1, 0.15) is 17.3 Å². The highest BCUT2D eigenvalue weighted by molar-refractivity contribution is 6.33. The zero-order valence-corrected chi connectivity index (χ0v) is 15.3. The summed E-state index contributed by atoms with van der Waals surface area (Å²) in [6, 6.07) is 2.76. The summed E-state index contributed by atoms with van der Waals surface area (Å²) in [5.74, 6) is -4.59. The molecule has 0 spiro atoms. The molecule has 2 aromatic carbocycles. The molecule has 3 aromatic rings. The number of fused-ring (bicyclic) bond motifs is 2. The molecule has 29 heavy (non-hydrogen) atoms. The number of aromatic nitrogens is 1. The molecule has 0 fully saturated rings. The lowest BCUT2D eigenvalue weighted by Crippen LogP contribution is -2.22. The maximum absolute atomic E-state index is 14.4. The number of rotatable bonds is 3. The Kier molecular flexibility index (Phi) is 4.23. The normalized spacial score (nSPS) is 11.7. The van der Waals surface area contributed by atoms with E-state index in [1.54, 1.807) is 0 Å². The number of nitro groups is 1. The van der Waals surface area contributed by atoms with Gasteiger partial charge in [-0.2, -0.15) is 4.39 Å². The Morgan fingerprint density at radius 2 is 2.07 bits per heavy atom. The summed E-state index contributed by atoms with van der Waals surface area (Å²) in [6.45, 7) is 1.52. The first-order valence-corrected chi connectivity index (χ1v) is 8.53. The number of hydrogen-bond donors (Lipinski definition) is 0. The maximum atomic E-state index is 14.4. The van der Waals surface area contributed by atoms with E-state index < -0.39 is 45.0 Å². The highest BCUT2D eigenvalue weighted by Gasteiger charge is 2.31. The number of ether oxygens (including phenoxy) is 2. The van der Waals surface area contributed by atoms with E-state index in [1.165, 1.54) is 11.5 Å². The molecule has 0 N–H and O–H groups in total. The Balaban J connectivity index is 2.15. The Morgan fingerprint density at radius 1 is 1.34 bits per heavy atom. The van der Waals surface area contributed by atoms with Crippen molar-refractivity contribution in [3.8, 4) is 17.2 Å². The summed E-state index contributed by atoms with van der Waals surface area (Å²) in [5, 5.41) is 10.6. The SMILES string of the molecule is CCOC(=O)c1cn2c3c(c(F)c(F)cc3c1=O)Oc1cc([N+](=O)[O-])c(Cl)cc1-2. The molecule has 0 radical (unpaired) electrons. The third kappa shape index (κ3) is 2.71. The van der Waals surface area contributed by atoms with Gasteiger partial charge in [-0.1, -0.05) is 11.6 Å². The quantitative estimate of drug-likeness (QED) is 0.280. The van der Waals surface area contributed by atoms with E-state index in [-0.39, 0.29) is 34.0 Å². The second-order valence-corrected chi connectivity index (χ2v) is 6.40. The van der Waals surface area contributed by atoms with Gasteiger partial charge in [0, 0.05) is 6.20 Å². The van der Waals surface area contributed by atoms with Gasteiger partial charge in [0.05, 0.1) is 28.7 Å². The topological polar surface area (TPSA) is 101 Å². The number of halogens is 3. The van der Waals surface area contributed by atoms with Crippen LogP contribution in [0.4, 0.5) is 14.5 Å². The van der Waals surface area contributed by atoms with Crippen LogP contribution in [0.3, 0.4) is 0 Å². The van der Waals surface area contributed by atoms with Crippen molar-refractivity contribution in [3.63, 3.8) is 0 Å². The van der Waals surface area contributed by atoms with Gasteiger partial charge < -0.3 is 14.0 Å². The van der Waals surface area contributed by atoms with Gasteiger partial charge >= 0.3 is 5.97 Å². The smallest absolute Gasteiger partial charge is 0.343 e. The van der Waals surface area contributed by atoms with Crippen LogP contribution in [-0.2, 0) is 4.74 Å². The summed E-state index contributed by atoms with van der Waals surface area (Å²) in [6.07, 6.45) is 1.08. The highest BCUT2D eigenvalue weighted by Crippen LogP contribution is 2.45. The monoisotopic (exact) mass is 422 g/mol. The number of carbonyl (C=O) groups is 1. The minimum Gasteiger partial charge on any atom is -0.462 e. The van der Waals surface area contributed by atoms with Gasteiger partial charge in [-0.3, -0.25) is 14.9 Å². The first-order chi connectivity index (χ1) is 13.7. The Hall–Kier alpha value is -3.53. The van der Waals surface area contributed by atoms with Crippen molar-refractivity contribution in [3.05, 3.63) is 67.0 Å². The third-order valence-electron chi connectivity index (χ3n) is 4.33. The molecule has 0 atom stereocenters. The van der Waals surface area contributed by atoms with Crippen molar-refractivity contribution in [1.82, 2.24) is 4.57 Å². The molecule has 4 rings (SSSR count). The molecular formula is C18H9ClF2N2O6. The van der Waals surface area contributed by atoms with Crippen LogP contribution in [0.2, 0.25) is 5.02 Å². The van der Waals surface area contributed by atoms with Gasteiger partial charge in [-0.15, -0.1) is 0 Å². The number of nitrogens with zero attached hydrogens (tertiary/aromatic N) is 2. The first kappa shape index (κ1) is 18.8. The molecule has 2 heterocycles. The zero-order chi connectivity index (χ0) is 21.0. The molecule has 11 heteroatoms.